The maximum Gasteiger partial charge on any atom is 0.214 e. The number of aliphatic imine (C=N–C) groups is 1. The fraction of sp³-hybridized carbons (Fsp3) is 0.0526. The van der Waals surface area contributed by atoms with Crippen molar-refractivity contribution in [1.82, 2.24) is 9.97 Å². The van der Waals surface area contributed by atoms with Crippen LogP contribution < -0.4 is 0 Å². The quantitative estimate of drug-likeness (QED) is 0.554. The lowest BCUT2D eigenvalue weighted by Gasteiger charge is -2.09. The van der Waals surface area contributed by atoms with Gasteiger partial charge in [0.1, 0.15) is 11.8 Å². The third-order valence-electron chi connectivity index (χ3n) is 3.64. The van der Waals surface area contributed by atoms with Crippen molar-refractivity contribution >= 4 is 11.4 Å². The zero-order valence-corrected chi connectivity index (χ0v) is 13.9. The smallest absolute Gasteiger partial charge is 0.214 e. The Balaban J connectivity index is 2.16. The summed E-state index contributed by atoms with van der Waals surface area (Å²) in [6, 6.07) is 8.46. The highest BCUT2D eigenvalue weighted by Gasteiger charge is 2.18. The second-order valence-corrected chi connectivity index (χ2v) is 5.55. The molecule has 27 heavy (non-hydrogen) atoms. The Labute approximate surface area is 152 Å². The maximum atomic E-state index is 14.0. The molecule has 2 heterocycles. The van der Waals surface area contributed by atoms with E-state index in [4.69, 9.17) is 0 Å². The van der Waals surface area contributed by atoms with E-state index >= 15 is 0 Å². The van der Waals surface area contributed by atoms with Gasteiger partial charge in [-0.1, -0.05) is 0 Å². The lowest BCUT2D eigenvalue weighted by Crippen LogP contribution is -2.02. The van der Waals surface area contributed by atoms with Gasteiger partial charge in [-0.3, -0.25) is 4.98 Å². The van der Waals surface area contributed by atoms with Gasteiger partial charge in [-0.15, -0.1) is 0 Å². The van der Waals surface area contributed by atoms with Gasteiger partial charge in [-0.2, -0.15) is 9.65 Å². The van der Waals surface area contributed by atoms with Crippen molar-refractivity contribution in [2.75, 3.05) is 0 Å². The molecule has 1 aromatic carbocycles. The first-order valence-corrected chi connectivity index (χ1v) is 7.66. The molecule has 134 valence electrons. The third kappa shape index (κ3) is 3.77. The Morgan fingerprint density at radius 3 is 2.56 bits per heavy atom. The van der Waals surface area contributed by atoms with Crippen LogP contribution in [-0.4, -0.2) is 20.8 Å². The number of benzene rings is 1. The van der Waals surface area contributed by atoms with Gasteiger partial charge in [0.25, 0.3) is 0 Å². The molecule has 0 fully saturated rings. The number of hydrogen-bond acceptors (Lipinski definition) is 5. The summed E-state index contributed by atoms with van der Waals surface area (Å²) in [5.41, 5.74) is 0.250. The molecule has 8 heteroatoms. The minimum absolute atomic E-state index is 0.0663. The lowest BCUT2D eigenvalue weighted by molar-refractivity contribution is 0.468. The summed E-state index contributed by atoms with van der Waals surface area (Å²) in [6.45, 7) is 1.71. The second-order valence-electron chi connectivity index (χ2n) is 5.55. The average molecular weight is 368 g/mol. The van der Waals surface area contributed by atoms with Crippen molar-refractivity contribution in [2.24, 2.45) is 4.99 Å². The molecule has 0 radical (unpaired) electrons. The number of nitrogens with zero attached hydrogens (tertiary/aromatic N) is 4. The number of aromatic nitrogens is 2. The first-order chi connectivity index (χ1) is 12.9. The Morgan fingerprint density at radius 1 is 1.11 bits per heavy atom. The highest BCUT2D eigenvalue weighted by Crippen LogP contribution is 2.32. The van der Waals surface area contributed by atoms with E-state index in [1.165, 1.54) is 12.3 Å². The molecule has 2 aromatic heterocycles. The molecule has 0 unspecified atom stereocenters. The summed E-state index contributed by atoms with van der Waals surface area (Å²) in [4.78, 5) is 11.6. The predicted octanol–water partition coefficient (Wildman–Crippen LogP) is 4.22. The van der Waals surface area contributed by atoms with E-state index in [-0.39, 0.29) is 22.7 Å². The zero-order valence-electron chi connectivity index (χ0n) is 13.9. The Hall–Kier alpha value is -3.73. The van der Waals surface area contributed by atoms with Crippen LogP contribution in [0.5, 0.6) is 5.75 Å². The summed E-state index contributed by atoms with van der Waals surface area (Å²) in [7, 11) is 0. The summed E-state index contributed by atoms with van der Waals surface area (Å²) in [5.74, 6) is -3.63. The van der Waals surface area contributed by atoms with Gasteiger partial charge < -0.3 is 5.11 Å². The van der Waals surface area contributed by atoms with Gasteiger partial charge in [0.2, 0.25) is 5.95 Å². The minimum atomic E-state index is -1.15. The number of aromatic hydroxyl groups is 1. The summed E-state index contributed by atoms with van der Waals surface area (Å²) in [5, 5.41) is 19.9. The largest absolute Gasteiger partial charge is 0.505 e. The van der Waals surface area contributed by atoms with Gasteiger partial charge in [0, 0.05) is 29.6 Å². The first kappa shape index (κ1) is 18.1. The molecule has 0 aliphatic heterocycles. The molecule has 3 rings (SSSR count). The van der Waals surface area contributed by atoms with E-state index in [0.717, 1.165) is 24.3 Å². The van der Waals surface area contributed by atoms with Crippen molar-refractivity contribution in [3.05, 3.63) is 71.4 Å². The molecule has 0 atom stereocenters. The van der Waals surface area contributed by atoms with Crippen molar-refractivity contribution in [3.8, 4) is 23.1 Å². The van der Waals surface area contributed by atoms with Crippen LogP contribution in [0.2, 0.25) is 0 Å². The number of pyridine rings is 2. The van der Waals surface area contributed by atoms with Gasteiger partial charge in [0.15, 0.2) is 23.1 Å². The fourth-order valence-electron chi connectivity index (χ4n) is 2.41. The topological polar surface area (TPSA) is 82.2 Å². The van der Waals surface area contributed by atoms with E-state index in [1.54, 1.807) is 19.1 Å². The van der Waals surface area contributed by atoms with Gasteiger partial charge in [0.05, 0.1) is 11.3 Å². The Bertz CT molecular complexity index is 1110. The summed E-state index contributed by atoms with van der Waals surface area (Å²) < 4.78 is 40.4. The molecule has 1 N–H and O–H groups in total. The molecule has 0 bridgehead atoms. The van der Waals surface area contributed by atoms with Crippen LogP contribution in [-0.2, 0) is 0 Å². The van der Waals surface area contributed by atoms with Crippen molar-refractivity contribution in [3.63, 3.8) is 0 Å². The van der Waals surface area contributed by atoms with Crippen LogP contribution in [0.15, 0.2) is 47.6 Å². The standard InChI is InChI=1S/C19H11F3N4O/c1-10-6-11(4-5-24-10)18-19(27)13(8-17(22)26-18)16(9-23)25-12-2-3-14(20)15(21)7-12/h2-8,27H,1H3. The van der Waals surface area contributed by atoms with E-state index in [0.29, 0.717) is 11.3 Å². The van der Waals surface area contributed by atoms with Crippen molar-refractivity contribution in [1.29, 1.82) is 5.26 Å². The van der Waals surface area contributed by atoms with Crippen molar-refractivity contribution in [2.45, 2.75) is 6.92 Å². The SMILES string of the molecule is Cc1cc(-c2nc(F)cc(C(C#N)=Nc3ccc(F)c(F)c3)c2O)ccn1. The summed E-state index contributed by atoms with van der Waals surface area (Å²) in [6.07, 6.45) is 1.47. The van der Waals surface area contributed by atoms with Crippen LogP contribution in [0.25, 0.3) is 11.3 Å². The zero-order chi connectivity index (χ0) is 19.6. The molecular weight excluding hydrogens is 357 g/mol. The Kier molecular flexibility index (Phi) is 4.86. The van der Waals surface area contributed by atoms with E-state index < -0.39 is 23.3 Å². The van der Waals surface area contributed by atoms with E-state index in [9.17, 15) is 23.5 Å². The van der Waals surface area contributed by atoms with Crippen LogP contribution in [0.3, 0.4) is 0 Å². The Morgan fingerprint density at radius 2 is 1.89 bits per heavy atom. The highest BCUT2D eigenvalue weighted by atomic mass is 19.2. The molecule has 0 saturated heterocycles. The van der Waals surface area contributed by atoms with E-state index in [2.05, 4.69) is 15.0 Å². The van der Waals surface area contributed by atoms with Crippen LogP contribution >= 0.6 is 0 Å². The predicted molar refractivity (Wildman–Crippen MR) is 92.0 cm³/mol. The lowest BCUT2D eigenvalue weighted by atomic mass is 10.0. The minimum Gasteiger partial charge on any atom is -0.505 e. The summed E-state index contributed by atoms with van der Waals surface area (Å²) >= 11 is 0. The monoisotopic (exact) mass is 368 g/mol. The van der Waals surface area contributed by atoms with Gasteiger partial charge in [-0.05, 0) is 31.2 Å². The number of hydrogen-bond donors (Lipinski definition) is 1. The van der Waals surface area contributed by atoms with E-state index in [1.807, 2.05) is 0 Å². The molecule has 0 aliphatic carbocycles. The number of aryl methyl sites for hydroxylation is 1. The van der Waals surface area contributed by atoms with Crippen LogP contribution in [0, 0.1) is 35.8 Å². The molecule has 0 amide bonds. The fourth-order valence-corrected chi connectivity index (χ4v) is 2.41. The molecule has 0 aliphatic rings. The molecule has 0 saturated carbocycles. The third-order valence-corrected chi connectivity index (χ3v) is 3.64. The van der Waals surface area contributed by atoms with Crippen LogP contribution in [0.4, 0.5) is 18.9 Å². The first-order valence-electron chi connectivity index (χ1n) is 7.66. The number of nitriles is 1. The molecule has 3 aromatic rings. The van der Waals surface area contributed by atoms with Gasteiger partial charge >= 0.3 is 0 Å². The maximum absolute atomic E-state index is 14.0. The molecule has 5 nitrogen and oxygen atoms in total. The average Bonchev–Trinajstić information content (AvgIpc) is 2.64. The number of rotatable bonds is 3. The second kappa shape index (κ2) is 7.25. The molecule has 0 spiro atoms. The van der Waals surface area contributed by atoms with Crippen LogP contribution in [0.1, 0.15) is 11.3 Å². The highest BCUT2D eigenvalue weighted by molar-refractivity contribution is 6.15. The normalized spacial score (nSPS) is 11.3. The van der Waals surface area contributed by atoms with Crippen molar-refractivity contribution < 1.29 is 18.3 Å². The molecular formula is C19H11F3N4O. The number of halogens is 3. The van der Waals surface area contributed by atoms with Gasteiger partial charge in [-0.25, -0.2) is 18.8 Å².